The van der Waals surface area contributed by atoms with Crippen molar-refractivity contribution in [2.75, 3.05) is 18.5 Å². The second-order valence-electron chi connectivity index (χ2n) is 4.75. The highest BCUT2D eigenvalue weighted by Crippen LogP contribution is 2.42. The first-order valence-corrected chi connectivity index (χ1v) is 9.48. The van der Waals surface area contributed by atoms with Gasteiger partial charge in [-0.05, 0) is 53.2 Å². The van der Waals surface area contributed by atoms with Crippen LogP contribution < -0.4 is 10.5 Å². The number of sulfonamides is 1. The molecule has 1 fully saturated rings. The Kier molecular flexibility index (Phi) is 4.49. The summed E-state index contributed by atoms with van der Waals surface area (Å²) >= 11 is 4.99. The van der Waals surface area contributed by atoms with E-state index in [0.29, 0.717) is 16.7 Å². The lowest BCUT2D eigenvalue weighted by Gasteiger charge is -2.40. The molecule has 1 aromatic carbocycles. The van der Waals surface area contributed by atoms with E-state index in [9.17, 15) is 8.42 Å². The molecule has 1 saturated carbocycles. The van der Waals surface area contributed by atoms with Crippen molar-refractivity contribution in [3.05, 3.63) is 22.7 Å². The van der Waals surface area contributed by atoms with Crippen LogP contribution in [0.2, 0.25) is 0 Å². The first kappa shape index (κ1) is 15.2. The van der Waals surface area contributed by atoms with Crippen LogP contribution in [-0.4, -0.2) is 26.0 Å². The molecule has 19 heavy (non-hydrogen) atoms. The predicted molar refractivity (Wildman–Crippen MR) is 83.8 cm³/mol. The molecule has 106 valence electrons. The molecule has 0 spiro atoms. The zero-order chi connectivity index (χ0) is 14.1. The first-order valence-electron chi connectivity index (χ1n) is 5.98. The average molecular weight is 365 g/mol. The van der Waals surface area contributed by atoms with E-state index in [1.807, 2.05) is 6.26 Å². The van der Waals surface area contributed by atoms with Gasteiger partial charge in [-0.15, -0.1) is 0 Å². The van der Waals surface area contributed by atoms with Crippen molar-refractivity contribution in [2.24, 2.45) is 0 Å². The third-order valence-electron chi connectivity index (χ3n) is 3.56. The van der Waals surface area contributed by atoms with Gasteiger partial charge in [-0.2, -0.15) is 11.8 Å². The van der Waals surface area contributed by atoms with Crippen molar-refractivity contribution in [3.8, 4) is 0 Å². The second-order valence-corrected chi connectivity index (χ2v) is 8.64. The Labute approximate surface area is 126 Å². The summed E-state index contributed by atoms with van der Waals surface area (Å²) in [6.45, 7) is 0.485. The molecular formula is C12H17BrN2O2S2. The Morgan fingerprint density at radius 2 is 2.16 bits per heavy atom. The van der Waals surface area contributed by atoms with Crippen LogP contribution in [0.25, 0.3) is 0 Å². The first-order chi connectivity index (χ1) is 8.88. The summed E-state index contributed by atoms with van der Waals surface area (Å²) in [5, 5.41) is 0. The van der Waals surface area contributed by atoms with E-state index in [1.165, 1.54) is 18.6 Å². The molecule has 0 bridgehead atoms. The highest BCUT2D eigenvalue weighted by Gasteiger charge is 2.37. The van der Waals surface area contributed by atoms with Gasteiger partial charge in [0.15, 0.2) is 0 Å². The number of nitrogens with two attached hydrogens (primary N) is 1. The monoisotopic (exact) mass is 364 g/mol. The minimum absolute atomic E-state index is 0.0815. The Morgan fingerprint density at radius 1 is 1.47 bits per heavy atom. The van der Waals surface area contributed by atoms with Gasteiger partial charge >= 0.3 is 0 Å². The van der Waals surface area contributed by atoms with Crippen LogP contribution in [0.3, 0.4) is 0 Å². The van der Waals surface area contributed by atoms with Crippen LogP contribution in [-0.2, 0) is 10.0 Å². The van der Waals surface area contributed by atoms with Gasteiger partial charge < -0.3 is 5.73 Å². The molecule has 0 saturated heterocycles. The third kappa shape index (κ3) is 3.26. The quantitative estimate of drug-likeness (QED) is 0.787. The van der Waals surface area contributed by atoms with Gasteiger partial charge in [0.05, 0.1) is 4.90 Å². The summed E-state index contributed by atoms with van der Waals surface area (Å²) in [5.74, 6) is 0. The lowest BCUT2D eigenvalue weighted by atomic mass is 9.84. The van der Waals surface area contributed by atoms with Crippen molar-refractivity contribution < 1.29 is 8.42 Å². The maximum absolute atomic E-state index is 12.2. The van der Waals surface area contributed by atoms with Crippen LogP contribution in [0.15, 0.2) is 27.6 Å². The maximum Gasteiger partial charge on any atom is 0.240 e. The number of halogens is 1. The van der Waals surface area contributed by atoms with Crippen molar-refractivity contribution >= 4 is 43.4 Å². The number of rotatable bonds is 5. The zero-order valence-corrected chi connectivity index (χ0v) is 13.9. The molecule has 0 amide bonds. The van der Waals surface area contributed by atoms with E-state index in [1.54, 1.807) is 17.8 Å². The Morgan fingerprint density at radius 3 is 2.63 bits per heavy atom. The van der Waals surface area contributed by atoms with Gasteiger partial charge in [0.25, 0.3) is 0 Å². The molecule has 0 aromatic heterocycles. The van der Waals surface area contributed by atoms with Crippen molar-refractivity contribution in [3.63, 3.8) is 0 Å². The SMILES string of the molecule is CSC1(CNS(=O)(=O)c2ccc(N)c(Br)c2)CCC1. The molecule has 1 aliphatic carbocycles. The van der Waals surface area contributed by atoms with Crippen LogP contribution >= 0.6 is 27.7 Å². The fourth-order valence-electron chi connectivity index (χ4n) is 2.01. The number of anilines is 1. The van der Waals surface area contributed by atoms with Gasteiger partial charge in [0.1, 0.15) is 0 Å². The van der Waals surface area contributed by atoms with E-state index in [0.717, 1.165) is 12.8 Å². The van der Waals surface area contributed by atoms with Crippen LogP contribution in [0, 0.1) is 0 Å². The normalized spacial score (nSPS) is 18.0. The standard InChI is InChI=1S/C12H17BrN2O2S2/c1-18-12(5-2-6-12)8-15-19(16,17)9-3-4-11(14)10(13)7-9/h3-4,7,15H,2,5-6,8,14H2,1H3. The minimum Gasteiger partial charge on any atom is -0.398 e. The van der Waals surface area contributed by atoms with E-state index in [4.69, 9.17) is 5.73 Å². The van der Waals surface area contributed by atoms with Crippen LogP contribution in [0.5, 0.6) is 0 Å². The summed E-state index contributed by atoms with van der Waals surface area (Å²) in [7, 11) is -3.47. The van der Waals surface area contributed by atoms with E-state index >= 15 is 0 Å². The molecule has 0 heterocycles. The highest BCUT2D eigenvalue weighted by atomic mass is 79.9. The molecule has 0 unspecified atom stereocenters. The number of hydrogen-bond acceptors (Lipinski definition) is 4. The smallest absolute Gasteiger partial charge is 0.240 e. The molecule has 0 atom stereocenters. The number of hydrogen-bond donors (Lipinski definition) is 2. The summed E-state index contributed by atoms with van der Waals surface area (Å²) in [5.41, 5.74) is 6.19. The highest BCUT2D eigenvalue weighted by molar-refractivity contribution is 9.10. The Bertz CT molecular complexity index is 566. The Hall–Kier alpha value is -0.240. The van der Waals surface area contributed by atoms with Gasteiger partial charge in [-0.3, -0.25) is 0 Å². The van der Waals surface area contributed by atoms with Gasteiger partial charge in [0, 0.05) is 21.5 Å². The van der Waals surface area contributed by atoms with E-state index < -0.39 is 10.0 Å². The molecule has 2 rings (SSSR count). The fourth-order valence-corrected chi connectivity index (χ4v) is 4.70. The van der Waals surface area contributed by atoms with Crippen molar-refractivity contribution in [2.45, 2.75) is 28.9 Å². The zero-order valence-electron chi connectivity index (χ0n) is 10.6. The molecule has 1 aromatic rings. The summed E-state index contributed by atoms with van der Waals surface area (Å²) in [6, 6.07) is 4.64. The maximum atomic E-state index is 12.2. The predicted octanol–water partition coefficient (Wildman–Crippen LogP) is 2.60. The number of nitrogen functional groups attached to an aromatic ring is 1. The van der Waals surface area contributed by atoms with Gasteiger partial charge in [-0.25, -0.2) is 13.1 Å². The number of thioether (sulfide) groups is 1. The van der Waals surface area contributed by atoms with Crippen molar-refractivity contribution in [1.29, 1.82) is 0 Å². The van der Waals surface area contributed by atoms with Gasteiger partial charge in [-0.1, -0.05) is 6.42 Å². The van der Waals surface area contributed by atoms with Gasteiger partial charge in [0.2, 0.25) is 10.0 Å². The molecule has 1 aliphatic rings. The number of benzene rings is 1. The lowest BCUT2D eigenvalue weighted by Crippen LogP contribution is -2.45. The summed E-state index contributed by atoms with van der Waals surface area (Å²) in [4.78, 5) is 0.240. The number of nitrogens with one attached hydrogen (secondary N) is 1. The molecular weight excluding hydrogens is 348 g/mol. The largest absolute Gasteiger partial charge is 0.398 e. The third-order valence-corrected chi connectivity index (χ3v) is 7.07. The molecule has 0 aliphatic heterocycles. The van der Waals surface area contributed by atoms with Crippen LogP contribution in [0.4, 0.5) is 5.69 Å². The topological polar surface area (TPSA) is 72.2 Å². The summed E-state index contributed by atoms with van der Waals surface area (Å²) in [6.07, 6.45) is 5.35. The second kappa shape index (κ2) is 5.63. The van der Waals surface area contributed by atoms with E-state index in [2.05, 4.69) is 20.7 Å². The van der Waals surface area contributed by atoms with Crippen LogP contribution in [0.1, 0.15) is 19.3 Å². The van der Waals surface area contributed by atoms with E-state index in [-0.39, 0.29) is 9.64 Å². The van der Waals surface area contributed by atoms with Crippen molar-refractivity contribution in [1.82, 2.24) is 4.72 Å². The molecule has 0 radical (unpaired) electrons. The summed E-state index contributed by atoms with van der Waals surface area (Å²) < 4.78 is 27.8. The molecule has 7 heteroatoms. The molecule has 3 N–H and O–H groups in total. The minimum atomic E-state index is -3.47. The lowest BCUT2D eigenvalue weighted by molar-refractivity contribution is 0.362. The Balaban J connectivity index is 2.11. The fraction of sp³-hybridized carbons (Fsp3) is 0.500. The molecule has 4 nitrogen and oxygen atoms in total. The average Bonchev–Trinajstić information content (AvgIpc) is 2.31.